The minimum absolute atomic E-state index is 0.0807. The van der Waals surface area contributed by atoms with Crippen LogP contribution in [0.3, 0.4) is 0 Å². The van der Waals surface area contributed by atoms with E-state index in [4.69, 9.17) is 4.74 Å². The maximum absolute atomic E-state index is 14.0. The van der Waals surface area contributed by atoms with Crippen molar-refractivity contribution < 1.29 is 13.5 Å². The Morgan fingerprint density at radius 2 is 2.04 bits per heavy atom. The van der Waals surface area contributed by atoms with Crippen LogP contribution in [0.5, 0.6) is 0 Å². The third-order valence-corrected chi connectivity index (χ3v) is 4.76. The van der Waals surface area contributed by atoms with E-state index in [1.807, 2.05) is 4.90 Å². The minimum Gasteiger partial charge on any atom is -0.384 e. The average molecular weight is 331 g/mol. The number of aromatic nitrogens is 1. The number of methoxy groups -OCH3 is 1. The monoisotopic (exact) mass is 331 g/mol. The van der Waals surface area contributed by atoms with Gasteiger partial charge < -0.3 is 9.64 Å². The number of halogens is 2. The summed E-state index contributed by atoms with van der Waals surface area (Å²) in [5, 5.41) is 9.76. The molecular weight excluding hydrogens is 312 g/mol. The molecule has 6 heteroatoms. The highest BCUT2D eigenvalue weighted by atomic mass is 19.1. The first-order chi connectivity index (χ1) is 11.5. The topological polar surface area (TPSA) is 49.1 Å². The van der Waals surface area contributed by atoms with Crippen molar-refractivity contribution in [1.29, 1.82) is 5.26 Å². The highest BCUT2D eigenvalue weighted by molar-refractivity contribution is 5.94. The van der Waals surface area contributed by atoms with Gasteiger partial charge in [0.1, 0.15) is 17.4 Å². The second-order valence-corrected chi connectivity index (χ2v) is 6.65. The van der Waals surface area contributed by atoms with Gasteiger partial charge in [-0.05, 0) is 24.3 Å². The summed E-state index contributed by atoms with van der Waals surface area (Å²) in [6.07, 6.45) is 3.13. The fourth-order valence-electron chi connectivity index (χ4n) is 3.40. The van der Waals surface area contributed by atoms with E-state index in [0.717, 1.165) is 18.9 Å². The number of nitrogens with zero attached hydrogens (tertiary/aromatic N) is 3. The van der Waals surface area contributed by atoms with Crippen LogP contribution in [0.2, 0.25) is 0 Å². The largest absolute Gasteiger partial charge is 0.384 e. The fraction of sp³-hybridized carbons (Fsp3) is 0.444. The highest BCUT2D eigenvalue weighted by Crippen LogP contribution is 2.37. The molecule has 1 aromatic heterocycles. The van der Waals surface area contributed by atoms with Gasteiger partial charge in [0.15, 0.2) is 5.82 Å². The van der Waals surface area contributed by atoms with Crippen LogP contribution in [-0.4, -0.2) is 31.8 Å². The van der Waals surface area contributed by atoms with Gasteiger partial charge in [0.25, 0.3) is 0 Å². The van der Waals surface area contributed by atoms with Crippen molar-refractivity contribution in [2.45, 2.75) is 19.8 Å². The molecule has 1 saturated heterocycles. The van der Waals surface area contributed by atoms with E-state index in [1.165, 1.54) is 12.3 Å². The van der Waals surface area contributed by atoms with E-state index in [9.17, 15) is 14.0 Å². The van der Waals surface area contributed by atoms with Crippen LogP contribution in [-0.2, 0) is 4.74 Å². The number of pyridine rings is 1. The molecular formula is C18H19F2N3O. The van der Waals surface area contributed by atoms with Gasteiger partial charge in [-0.1, -0.05) is 6.92 Å². The molecule has 0 atom stereocenters. The molecule has 0 saturated carbocycles. The number of ether oxygens (including phenoxy) is 1. The van der Waals surface area contributed by atoms with Crippen molar-refractivity contribution in [2.24, 2.45) is 5.41 Å². The molecule has 0 amide bonds. The molecule has 4 nitrogen and oxygen atoms in total. The number of hydrogen-bond acceptors (Lipinski definition) is 4. The Morgan fingerprint density at radius 3 is 2.67 bits per heavy atom. The maximum Gasteiger partial charge on any atom is 0.152 e. The first kappa shape index (κ1) is 16.6. The Balaban J connectivity index is 2.05. The summed E-state index contributed by atoms with van der Waals surface area (Å²) in [6, 6.07) is 4.17. The Hall–Kier alpha value is -2.26. The minimum atomic E-state index is -0.711. The van der Waals surface area contributed by atoms with Crippen LogP contribution < -0.4 is 4.90 Å². The van der Waals surface area contributed by atoms with Gasteiger partial charge in [-0.15, -0.1) is 0 Å². The molecule has 2 aromatic rings. The molecule has 0 spiro atoms. The third-order valence-electron chi connectivity index (χ3n) is 4.76. The molecule has 0 bridgehead atoms. The van der Waals surface area contributed by atoms with E-state index in [2.05, 4.69) is 18.0 Å². The van der Waals surface area contributed by atoms with Crippen LogP contribution in [0, 0.1) is 28.4 Å². The Bertz CT molecular complexity index is 808. The second kappa shape index (κ2) is 6.33. The fourth-order valence-corrected chi connectivity index (χ4v) is 3.40. The molecule has 1 aliphatic heterocycles. The molecule has 0 N–H and O–H groups in total. The van der Waals surface area contributed by atoms with Gasteiger partial charge in [-0.3, -0.25) is 4.98 Å². The van der Waals surface area contributed by atoms with Gasteiger partial charge in [-0.2, -0.15) is 5.26 Å². The predicted molar refractivity (Wildman–Crippen MR) is 87.8 cm³/mol. The molecule has 1 fully saturated rings. The van der Waals surface area contributed by atoms with Crippen molar-refractivity contribution in [3.8, 4) is 6.07 Å². The lowest BCUT2D eigenvalue weighted by atomic mass is 9.81. The van der Waals surface area contributed by atoms with Crippen molar-refractivity contribution in [1.82, 2.24) is 4.98 Å². The summed E-state index contributed by atoms with van der Waals surface area (Å²) in [6.45, 7) is 4.24. The number of anilines is 1. The smallest absolute Gasteiger partial charge is 0.152 e. The zero-order chi connectivity index (χ0) is 17.3. The highest BCUT2D eigenvalue weighted by Gasteiger charge is 2.31. The summed E-state index contributed by atoms with van der Waals surface area (Å²) in [5.74, 6) is -1.38. The zero-order valence-corrected chi connectivity index (χ0v) is 13.8. The van der Waals surface area contributed by atoms with Gasteiger partial charge in [0.2, 0.25) is 0 Å². The van der Waals surface area contributed by atoms with Crippen molar-refractivity contribution >= 4 is 16.6 Å². The lowest BCUT2D eigenvalue weighted by Crippen LogP contribution is -2.41. The lowest BCUT2D eigenvalue weighted by molar-refractivity contribution is 0.0731. The Kier molecular flexibility index (Phi) is 4.37. The number of benzene rings is 1. The molecule has 0 aliphatic carbocycles. The van der Waals surface area contributed by atoms with Gasteiger partial charge in [-0.25, -0.2) is 8.78 Å². The molecule has 126 valence electrons. The van der Waals surface area contributed by atoms with E-state index in [0.29, 0.717) is 36.3 Å². The molecule has 3 rings (SSSR count). The number of fused-ring (bicyclic) bond motifs is 1. The van der Waals surface area contributed by atoms with Crippen molar-refractivity contribution in [3.05, 3.63) is 35.5 Å². The Morgan fingerprint density at radius 1 is 1.33 bits per heavy atom. The summed E-state index contributed by atoms with van der Waals surface area (Å²) in [5.41, 5.74) is 1.08. The summed E-state index contributed by atoms with van der Waals surface area (Å²) in [4.78, 5) is 6.02. The van der Waals surface area contributed by atoms with E-state index in [1.54, 1.807) is 7.11 Å². The van der Waals surface area contributed by atoms with E-state index < -0.39 is 11.6 Å². The van der Waals surface area contributed by atoms with Crippen LogP contribution in [0.1, 0.15) is 25.3 Å². The Labute approximate surface area is 139 Å². The quantitative estimate of drug-likeness (QED) is 0.861. The SMILES string of the molecule is COCC1(C)CCN(c2c(C#N)cnc3c(F)cc(F)cc23)CC1. The first-order valence-corrected chi connectivity index (χ1v) is 7.89. The number of rotatable bonds is 3. The zero-order valence-electron chi connectivity index (χ0n) is 13.8. The van der Waals surface area contributed by atoms with E-state index >= 15 is 0 Å². The van der Waals surface area contributed by atoms with Gasteiger partial charge >= 0.3 is 0 Å². The number of nitriles is 1. The summed E-state index contributed by atoms with van der Waals surface area (Å²) in [7, 11) is 1.69. The lowest BCUT2D eigenvalue weighted by Gasteiger charge is -2.40. The molecule has 0 radical (unpaired) electrons. The van der Waals surface area contributed by atoms with Crippen LogP contribution >= 0.6 is 0 Å². The van der Waals surface area contributed by atoms with Crippen LogP contribution in [0.4, 0.5) is 14.5 Å². The summed E-state index contributed by atoms with van der Waals surface area (Å²) >= 11 is 0. The molecule has 2 heterocycles. The molecule has 1 aliphatic rings. The van der Waals surface area contributed by atoms with Crippen LogP contribution in [0.25, 0.3) is 10.9 Å². The normalized spacial score (nSPS) is 17.0. The number of piperidine rings is 1. The third kappa shape index (κ3) is 2.92. The maximum atomic E-state index is 14.0. The average Bonchev–Trinajstić information content (AvgIpc) is 2.55. The molecule has 0 unspecified atom stereocenters. The van der Waals surface area contributed by atoms with E-state index in [-0.39, 0.29) is 10.9 Å². The predicted octanol–water partition coefficient (Wildman–Crippen LogP) is 3.64. The summed E-state index contributed by atoms with van der Waals surface area (Å²) < 4.78 is 33.0. The van der Waals surface area contributed by atoms with Crippen molar-refractivity contribution in [2.75, 3.05) is 31.7 Å². The number of hydrogen-bond donors (Lipinski definition) is 0. The second-order valence-electron chi connectivity index (χ2n) is 6.65. The standard InChI is InChI=1S/C18H19F2N3O/c1-18(11-24-2)3-5-23(6-4-18)17-12(9-21)10-22-16-14(17)7-13(19)8-15(16)20/h7-8,10H,3-6,11H2,1-2H3. The molecule has 1 aromatic carbocycles. The first-order valence-electron chi connectivity index (χ1n) is 7.89. The van der Waals surface area contributed by atoms with Gasteiger partial charge in [0.05, 0.1) is 17.9 Å². The molecule has 24 heavy (non-hydrogen) atoms. The van der Waals surface area contributed by atoms with Crippen molar-refractivity contribution in [3.63, 3.8) is 0 Å². The van der Waals surface area contributed by atoms with Crippen LogP contribution in [0.15, 0.2) is 18.3 Å². The van der Waals surface area contributed by atoms with Gasteiger partial charge in [0, 0.05) is 37.8 Å².